The number of Topliss-reactive ketones (excluding diaryl/α,β-unsaturated/α-hetero) is 1. The third kappa shape index (κ3) is 4.57. The summed E-state index contributed by atoms with van der Waals surface area (Å²) in [4.78, 5) is 36.4. The normalized spacial score (nSPS) is 11.6. The first-order chi connectivity index (χ1) is 13.9. The lowest BCUT2D eigenvalue weighted by Crippen LogP contribution is -2.30. The number of hydrogen-bond acceptors (Lipinski definition) is 5. The second-order valence-corrected chi connectivity index (χ2v) is 6.57. The van der Waals surface area contributed by atoms with Gasteiger partial charge in [-0.15, -0.1) is 0 Å². The average Bonchev–Trinajstić information content (AvgIpc) is 3.14. The van der Waals surface area contributed by atoms with Crippen molar-refractivity contribution in [2.45, 2.75) is 26.9 Å². The van der Waals surface area contributed by atoms with E-state index in [4.69, 9.17) is 4.74 Å². The minimum Gasteiger partial charge on any atom is -0.449 e. The predicted octanol–water partition coefficient (Wildman–Crippen LogP) is 3.57. The van der Waals surface area contributed by atoms with Crippen LogP contribution < -0.4 is 5.32 Å². The Kier molecular flexibility index (Phi) is 5.87. The highest BCUT2D eigenvalue weighted by molar-refractivity contribution is 6.05. The lowest BCUT2D eigenvalue weighted by Gasteiger charge is -2.15. The zero-order valence-electron chi connectivity index (χ0n) is 16.4. The third-order valence-electron chi connectivity index (χ3n) is 4.40. The molecule has 1 aromatic heterocycles. The number of nitrogens with one attached hydrogen (secondary N) is 1. The molecule has 29 heavy (non-hydrogen) atoms. The van der Waals surface area contributed by atoms with Crippen LogP contribution >= 0.6 is 0 Å². The first-order valence-electron chi connectivity index (χ1n) is 9.09. The van der Waals surface area contributed by atoms with Crippen molar-refractivity contribution in [3.8, 4) is 5.69 Å². The van der Waals surface area contributed by atoms with Gasteiger partial charge in [0.2, 0.25) is 0 Å². The molecule has 7 nitrogen and oxygen atoms in total. The van der Waals surface area contributed by atoms with E-state index in [0.717, 1.165) is 11.4 Å². The number of benzene rings is 2. The standard InChI is InChI=1S/C22H21N3O4/c1-14-12-13-23-25(14)18-10-8-17(9-11-18)22(28)29-16(3)21(27)24-20-7-5-4-6-19(20)15(2)26/h4-13,16H,1-3H3,(H,24,27)/t16-/m0/s1. The van der Waals surface area contributed by atoms with E-state index in [1.807, 2.05) is 13.0 Å². The van der Waals surface area contributed by atoms with Crippen LogP contribution in [0.25, 0.3) is 5.69 Å². The van der Waals surface area contributed by atoms with Gasteiger partial charge in [-0.3, -0.25) is 9.59 Å². The van der Waals surface area contributed by atoms with Crippen LogP contribution in [-0.4, -0.2) is 33.5 Å². The molecule has 0 spiro atoms. The number of nitrogens with zero attached hydrogens (tertiary/aromatic N) is 2. The van der Waals surface area contributed by atoms with Crippen molar-refractivity contribution >= 4 is 23.3 Å². The second-order valence-electron chi connectivity index (χ2n) is 6.57. The number of hydrogen-bond donors (Lipinski definition) is 1. The van der Waals surface area contributed by atoms with Crippen molar-refractivity contribution in [1.82, 2.24) is 9.78 Å². The number of anilines is 1. The van der Waals surface area contributed by atoms with Crippen LogP contribution in [0.15, 0.2) is 60.8 Å². The lowest BCUT2D eigenvalue weighted by molar-refractivity contribution is -0.123. The summed E-state index contributed by atoms with van der Waals surface area (Å²) in [6.45, 7) is 4.83. The van der Waals surface area contributed by atoms with E-state index in [2.05, 4.69) is 10.4 Å². The van der Waals surface area contributed by atoms with Crippen LogP contribution in [0.3, 0.4) is 0 Å². The predicted molar refractivity (Wildman–Crippen MR) is 108 cm³/mol. The molecular weight excluding hydrogens is 370 g/mol. The topological polar surface area (TPSA) is 90.3 Å². The first kappa shape index (κ1) is 20.0. The van der Waals surface area contributed by atoms with Crippen molar-refractivity contribution < 1.29 is 19.1 Å². The monoisotopic (exact) mass is 391 g/mol. The van der Waals surface area contributed by atoms with Crippen molar-refractivity contribution in [3.05, 3.63) is 77.6 Å². The van der Waals surface area contributed by atoms with E-state index in [1.165, 1.54) is 13.8 Å². The fourth-order valence-electron chi connectivity index (χ4n) is 2.79. The molecule has 3 aromatic rings. The summed E-state index contributed by atoms with van der Waals surface area (Å²) in [5.74, 6) is -1.30. The molecule has 0 fully saturated rings. The largest absolute Gasteiger partial charge is 0.449 e. The van der Waals surface area contributed by atoms with Crippen LogP contribution in [0, 0.1) is 6.92 Å². The Hall–Kier alpha value is -3.74. The Bertz CT molecular complexity index is 1050. The SMILES string of the molecule is CC(=O)c1ccccc1NC(=O)[C@H](C)OC(=O)c1ccc(-n2nccc2C)cc1. The fraction of sp³-hybridized carbons (Fsp3) is 0.182. The van der Waals surface area contributed by atoms with Gasteiger partial charge in [-0.05, 0) is 63.2 Å². The molecule has 2 aromatic carbocycles. The van der Waals surface area contributed by atoms with Gasteiger partial charge in [0, 0.05) is 17.5 Å². The summed E-state index contributed by atoms with van der Waals surface area (Å²) in [6.07, 6.45) is 0.665. The highest BCUT2D eigenvalue weighted by atomic mass is 16.5. The van der Waals surface area contributed by atoms with Gasteiger partial charge in [0.05, 0.1) is 16.9 Å². The van der Waals surface area contributed by atoms with E-state index in [-0.39, 0.29) is 5.78 Å². The van der Waals surface area contributed by atoms with Gasteiger partial charge in [-0.1, -0.05) is 12.1 Å². The number of ether oxygens (including phenoxy) is 1. The number of ketones is 1. The number of esters is 1. The smallest absolute Gasteiger partial charge is 0.338 e. The molecule has 0 aliphatic carbocycles. The molecule has 1 heterocycles. The zero-order valence-corrected chi connectivity index (χ0v) is 16.4. The maximum atomic E-state index is 12.4. The highest BCUT2D eigenvalue weighted by Gasteiger charge is 2.20. The quantitative estimate of drug-likeness (QED) is 0.512. The van der Waals surface area contributed by atoms with Crippen LogP contribution in [0.5, 0.6) is 0 Å². The average molecular weight is 391 g/mol. The number of aryl methyl sites for hydroxylation is 1. The molecule has 1 atom stereocenters. The molecular formula is C22H21N3O4. The van der Waals surface area contributed by atoms with E-state index < -0.39 is 18.0 Å². The van der Waals surface area contributed by atoms with Crippen molar-refractivity contribution in [3.63, 3.8) is 0 Å². The number of carbonyl (C=O) groups is 3. The molecule has 3 rings (SSSR count). The lowest BCUT2D eigenvalue weighted by atomic mass is 10.1. The second kappa shape index (κ2) is 8.52. The van der Waals surface area contributed by atoms with Gasteiger partial charge in [0.1, 0.15) is 0 Å². The molecule has 1 amide bonds. The minimum atomic E-state index is -1.03. The molecule has 7 heteroatoms. The number of rotatable bonds is 6. The molecule has 1 N–H and O–H groups in total. The molecule has 0 aliphatic heterocycles. The summed E-state index contributed by atoms with van der Waals surface area (Å²) in [7, 11) is 0. The third-order valence-corrected chi connectivity index (χ3v) is 4.40. The maximum Gasteiger partial charge on any atom is 0.338 e. The van der Waals surface area contributed by atoms with Crippen molar-refractivity contribution in [1.29, 1.82) is 0 Å². The molecule has 0 aliphatic rings. The van der Waals surface area contributed by atoms with Crippen LogP contribution in [0.4, 0.5) is 5.69 Å². The molecule has 0 radical (unpaired) electrons. The molecule has 0 unspecified atom stereocenters. The number of carbonyl (C=O) groups excluding carboxylic acids is 3. The Morgan fingerprint density at radius 1 is 1.03 bits per heavy atom. The summed E-state index contributed by atoms with van der Waals surface area (Å²) in [5.41, 5.74) is 2.88. The summed E-state index contributed by atoms with van der Waals surface area (Å²) < 4.78 is 7.01. The number of para-hydroxylation sites is 1. The van der Waals surface area contributed by atoms with E-state index in [0.29, 0.717) is 16.8 Å². The van der Waals surface area contributed by atoms with Gasteiger partial charge in [-0.25, -0.2) is 9.48 Å². The van der Waals surface area contributed by atoms with Crippen LogP contribution in [0.1, 0.15) is 40.3 Å². The van der Waals surface area contributed by atoms with Gasteiger partial charge in [0.25, 0.3) is 5.91 Å². The van der Waals surface area contributed by atoms with Gasteiger partial charge in [0.15, 0.2) is 11.9 Å². The minimum absolute atomic E-state index is 0.168. The Morgan fingerprint density at radius 3 is 2.34 bits per heavy atom. The van der Waals surface area contributed by atoms with Gasteiger partial charge < -0.3 is 10.1 Å². The Balaban J connectivity index is 1.65. The zero-order chi connectivity index (χ0) is 21.0. The molecule has 148 valence electrons. The molecule has 0 saturated heterocycles. The first-order valence-corrected chi connectivity index (χ1v) is 9.09. The number of aromatic nitrogens is 2. The van der Waals surface area contributed by atoms with E-state index in [1.54, 1.807) is 59.4 Å². The van der Waals surface area contributed by atoms with Gasteiger partial charge >= 0.3 is 5.97 Å². The Labute approximate surface area is 168 Å². The van der Waals surface area contributed by atoms with E-state index in [9.17, 15) is 14.4 Å². The summed E-state index contributed by atoms with van der Waals surface area (Å²) in [6, 6.07) is 15.3. The number of amides is 1. The highest BCUT2D eigenvalue weighted by Crippen LogP contribution is 2.17. The van der Waals surface area contributed by atoms with Crippen LogP contribution in [-0.2, 0) is 9.53 Å². The van der Waals surface area contributed by atoms with E-state index >= 15 is 0 Å². The van der Waals surface area contributed by atoms with Crippen LogP contribution in [0.2, 0.25) is 0 Å². The van der Waals surface area contributed by atoms with Crippen molar-refractivity contribution in [2.75, 3.05) is 5.32 Å². The molecule has 0 saturated carbocycles. The summed E-state index contributed by atoms with van der Waals surface area (Å²) >= 11 is 0. The van der Waals surface area contributed by atoms with Gasteiger partial charge in [-0.2, -0.15) is 5.10 Å². The maximum absolute atomic E-state index is 12.4. The summed E-state index contributed by atoms with van der Waals surface area (Å²) in [5, 5.41) is 6.85. The van der Waals surface area contributed by atoms with Crippen molar-refractivity contribution in [2.24, 2.45) is 0 Å². The Morgan fingerprint density at radius 2 is 1.72 bits per heavy atom. The fourth-order valence-corrected chi connectivity index (χ4v) is 2.79. The molecule has 0 bridgehead atoms.